The fourth-order valence-corrected chi connectivity index (χ4v) is 3.55. The lowest BCUT2D eigenvalue weighted by Gasteiger charge is -2.32. The van der Waals surface area contributed by atoms with Crippen molar-refractivity contribution in [1.82, 2.24) is 25.5 Å². The third-order valence-electron chi connectivity index (χ3n) is 5.14. The van der Waals surface area contributed by atoms with Crippen molar-refractivity contribution in [3.8, 4) is 11.4 Å². The molecule has 9 nitrogen and oxygen atoms in total. The van der Waals surface area contributed by atoms with E-state index >= 15 is 0 Å². The molecule has 1 aromatic heterocycles. The van der Waals surface area contributed by atoms with Crippen molar-refractivity contribution >= 4 is 5.97 Å². The van der Waals surface area contributed by atoms with Crippen molar-refractivity contribution < 1.29 is 19.4 Å². The summed E-state index contributed by atoms with van der Waals surface area (Å²) in [6.45, 7) is 4.13. The van der Waals surface area contributed by atoms with E-state index in [1.54, 1.807) is 6.92 Å². The van der Waals surface area contributed by atoms with Gasteiger partial charge in [0.05, 0.1) is 6.61 Å². The summed E-state index contributed by atoms with van der Waals surface area (Å²) in [5.41, 5.74) is 1.82. The molecule has 0 radical (unpaired) electrons. The topological polar surface area (TPSA) is 111 Å². The van der Waals surface area contributed by atoms with Crippen LogP contribution in [0, 0.1) is 0 Å². The zero-order valence-corrected chi connectivity index (χ0v) is 15.2. The molecule has 1 aromatic carbocycles. The second kappa shape index (κ2) is 7.34. The Labute approximate surface area is 156 Å². The van der Waals surface area contributed by atoms with Crippen molar-refractivity contribution in [2.75, 3.05) is 19.7 Å². The highest BCUT2D eigenvalue weighted by atomic mass is 16.7. The summed E-state index contributed by atoms with van der Waals surface area (Å²) in [5, 5.41) is 24.6. The summed E-state index contributed by atoms with van der Waals surface area (Å²) in [4.78, 5) is 12.4. The predicted octanol–water partition coefficient (Wildman–Crippen LogP) is 1.54. The Bertz CT molecular complexity index is 800. The molecular weight excluding hydrogens is 350 g/mol. The van der Waals surface area contributed by atoms with Crippen LogP contribution in [0.15, 0.2) is 24.3 Å². The van der Waals surface area contributed by atoms with Crippen molar-refractivity contribution in [2.24, 2.45) is 0 Å². The van der Waals surface area contributed by atoms with E-state index in [-0.39, 0.29) is 6.10 Å². The van der Waals surface area contributed by atoms with E-state index < -0.39 is 17.8 Å². The molecule has 4 rings (SSSR count). The van der Waals surface area contributed by atoms with E-state index in [2.05, 4.69) is 20.7 Å². The fourth-order valence-electron chi connectivity index (χ4n) is 3.55. The van der Waals surface area contributed by atoms with Gasteiger partial charge in [-0.2, -0.15) is 0 Å². The second-order valence-corrected chi connectivity index (χ2v) is 6.90. The number of hydrogen-bond donors (Lipinski definition) is 2. The zero-order chi connectivity index (χ0) is 18.9. The minimum absolute atomic E-state index is 0.0859. The Morgan fingerprint density at radius 3 is 2.78 bits per heavy atom. The number of nitrogens with one attached hydrogen (secondary N) is 1. The van der Waals surface area contributed by atoms with E-state index in [9.17, 15) is 9.90 Å². The van der Waals surface area contributed by atoms with Crippen LogP contribution >= 0.6 is 0 Å². The molecule has 2 aliphatic heterocycles. The first-order chi connectivity index (χ1) is 13.1. The number of hydrogen-bond acceptors (Lipinski definition) is 7. The van der Waals surface area contributed by atoms with E-state index in [1.165, 1.54) is 0 Å². The lowest BCUT2D eigenvalue weighted by molar-refractivity contribution is -0.183. The highest BCUT2D eigenvalue weighted by Crippen LogP contribution is 2.38. The zero-order valence-electron chi connectivity index (χ0n) is 15.2. The minimum Gasteiger partial charge on any atom is -0.480 e. The molecule has 2 unspecified atom stereocenters. The van der Waals surface area contributed by atoms with Gasteiger partial charge in [0, 0.05) is 31.5 Å². The summed E-state index contributed by atoms with van der Waals surface area (Å²) in [6.07, 6.45) is 2.02. The number of ether oxygens (including phenoxy) is 2. The van der Waals surface area contributed by atoms with Gasteiger partial charge >= 0.3 is 5.97 Å². The Balaban J connectivity index is 1.47. The Hall–Kier alpha value is -2.36. The number of rotatable bonds is 5. The Kier molecular flexibility index (Phi) is 4.90. The smallest absolute Gasteiger partial charge is 0.330 e. The number of carboxylic acids is 1. The number of tetrazole rings is 1. The van der Waals surface area contributed by atoms with Gasteiger partial charge in [-0.15, -0.1) is 15.0 Å². The van der Waals surface area contributed by atoms with Crippen LogP contribution < -0.4 is 5.32 Å². The first kappa shape index (κ1) is 18.0. The third-order valence-corrected chi connectivity index (χ3v) is 5.14. The summed E-state index contributed by atoms with van der Waals surface area (Å²) in [7, 11) is 0. The van der Waals surface area contributed by atoms with Crippen molar-refractivity contribution in [3.63, 3.8) is 0 Å². The third kappa shape index (κ3) is 3.58. The lowest BCUT2D eigenvalue weighted by atomic mass is 10.1. The van der Waals surface area contributed by atoms with E-state index in [4.69, 9.17) is 9.47 Å². The molecule has 0 aliphatic carbocycles. The van der Waals surface area contributed by atoms with Crippen molar-refractivity contribution in [2.45, 2.75) is 44.1 Å². The van der Waals surface area contributed by atoms with E-state index in [0.29, 0.717) is 18.9 Å². The van der Waals surface area contributed by atoms with E-state index in [0.717, 1.165) is 41.9 Å². The lowest BCUT2D eigenvalue weighted by Crippen LogP contribution is -2.42. The van der Waals surface area contributed by atoms with Gasteiger partial charge in [-0.25, -0.2) is 4.79 Å². The number of carboxylic acid groups (broad SMARTS) is 1. The fraction of sp³-hybridized carbons (Fsp3) is 0.556. The van der Waals surface area contributed by atoms with Crippen molar-refractivity contribution in [3.05, 3.63) is 29.8 Å². The van der Waals surface area contributed by atoms with Gasteiger partial charge in [0.15, 0.2) is 11.8 Å². The molecule has 3 heterocycles. The monoisotopic (exact) mass is 373 g/mol. The van der Waals surface area contributed by atoms with E-state index in [1.807, 2.05) is 24.3 Å². The first-order valence-electron chi connectivity index (χ1n) is 9.25. The summed E-state index contributed by atoms with van der Waals surface area (Å²) in [6, 6.07) is 6.93. The molecule has 27 heavy (non-hydrogen) atoms. The van der Waals surface area contributed by atoms with Crippen LogP contribution in [-0.2, 0) is 14.3 Å². The number of benzene rings is 1. The number of aliphatic carboxylic acids is 1. The summed E-state index contributed by atoms with van der Waals surface area (Å²) < 4.78 is 12.2. The van der Waals surface area contributed by atoms with Gasteiger partial charge in [0.2, 0.25) is 5.82 Å². The molecule has 2 atom stereocenters. The molecule has 2 N–H and O–H groups in total. The highest BCUT2D eigenvalue weighted by Gasteiger charge is 2.42. The normalized spacial score (nSPS) is 22.8. The molecule has 2 aliphatic rings. The van der Waals surface area contributed by atoms with Gasteiger partial charge in [-0.3, -0.25) is 0 Å². The summed E-state index contributed by atoms with van der Waals surface area (Å²) in [5.74, 6) is -1.02. The van der Waals surface area contributed by atoms with Gasteiger partial charge < -0.3 is 19.9 Å². The minimum atomic E-state index is -0.970. The Morgan fingerprint density at radius 2 is 2.11 bits per heavy atom. The molecule has 2 fully saturated rings. The Morgan fingerprint density at radius 1 is 1.37 bits per heavy atom. The van der Waals surface area contributed by atoms with Crippen LogP contribution in [0.1, 0.15) is 43.9 Å². The first-order valence-corrected chi connectivity index (χ1v) is 9.25. The van der Waals surface area contributed by atoms with Crippen LogP contribution in [-0.4, -0.2) is 56.8 Å². The average Bonchev–Trinajstić information content (AvgIpc) is 3.31. The van der Waals surface area contributed by atoms with Crippen LogP contribution in [0.5, 0.6) is 0 Å². The largest absolute Gasteiger partial charge is 0.480 e. The number of aromatic nitrogens is 4. The van der Waals surface area contributed by atoms with Crippen LogP contribution in [0.3, 0.4) is 0 Å². The molecule has 0 amide bonds. The highest BCUT2D eigenvalue weighted by molar-refractivity contribution is 5.71. The number of piperidine rings is 1. The average molecular weight is 373 g/mol. The van der Waals surface area contributed by atoms with Gasteiger partial charge in [0.1, 0.15) is 6.10 Å². The van der Waals surface area contributed by atoms with Crippen LogP contribution in [0.4, 0.5) is 0 Å². The molecule has 2 aromatic rings. The maximum Gasteiger partial charge on any atom is 0.330 e. The molecule has 1 spiro atoms. The quantitative estimate of drug-likeness (QED) is 0.812. The van der Waals surface area contributed by atoms with Gasteiger partial charge in [0.25, 0.3) is 0 Å². The van der Waals surface area contributed by atoms with Crippen LogP contribution in [0.25, 0.3) is 11.4 Å². The maximum atomic E-state index is 11.2. The summed E-state index contributed by atoms with van der Waals surface area (Å²) >= 11 is 0. The van der Waals surface area contributed by atoms with Gasteiger partial charge in [-0.05, 0) is 17.2 Å². The standard InChI is InChI=1S/C18H23N5O4/c1-2-14(17(24)25)23-21-16(20-22-23)13-5-3-12(4-6-13)15-11-26-18(27-15)7-9-19-10-8-18/h3-6,14-15,19H,2,7-11H2,1H3,(H,24,25). The molecule has 2 saturated heterocycles. The molecule has 0 saturated carbocycles. The predicted molar refractivity (Wildman–Crippen MR) is 94.8 cm³/mol. The van der Waals surface area contributed by atoms with Gasteiger partial charge in [-0.1, -0.05) is 31.2 Å². The number of carbonyl (C=O) groups is 1. The molecule has 144 valence electrons. The molecular formula is C18H23N5O4. The molecule has 0 bridgehead atoms. The SMILES string of the molecule is CCC(C(=O)O)n1nnc(-c2ccc(C3COC4(CCNCC4)O3)cc2)n1. The second-order valence-electron chi connectivity index (χ2n) is 6.90. The van der Waals surface area contributed by atoms with Crippen LogP contribution in [0.2, 0.25) is 0 Å². The molecule has 9 heteroatoms. The number of nitrogens with zero attached hydrogens (tertiary/aromatic N) is 4. The van der Waals surface area contributed by atoms with Crippen molar-refractivity contribution in [1.29, 1.82) is 0 Å². The maximum absolute atomic E-state index is 11.2.